The fourth-order valence-electron chi connectivity index (χ4n) is 4.34. The minimum atomic E-state index is -1.33. The largest absolute Gasteiger partial charge is 0.463 e. The smallest absolute Gasteiger partial charge is 0.303 e. The molecule has 42 heavy (non-hydrogen) atoms. The topological polar surface area (TPSA) is 142 Å². The fraction of sp³-hybridized carbons (Fsp3) is 0.667. The first kappa shape index (κ1) is 35.1. The van der Waals surface area contributed by atoms with Crippen molar-refractivity contribution in [3.05, 3.63) is 35.9 Å². The third kappa shape index (κ3) is 13.3. The van der Waals surface area contributed by atoms with Crippen molar-refractivity contribution in [2.24, 2.45) is 0 Å². The summed E-state index contributed by atoms with van der Waals surface area (Å²) >= 11 is 0. The SMILES string of the molecule is CCCCCCOC[C@H](COCc1ccccc1)O[C@@H]1O[C@H](COC(C)=O)[C@@H](OC(C)=O)[C@H](OC(C)=O)[C@H]1OC(C)=O. The number of carbonyl (C=O) groups is 4. The molecule has 0 radical (unpaired) electrons. The van der Waals surface area contributed by atoms with E-state index in [2.05, 4.69) is 6.92 Å². The summed E-state index contributed by atoms with van der Waals surface area (Å²) in [5.74, 6) is -2.75. The molecule has 0 saturated carbocycles. The van der Waals surface area contributed by atoms with Gasteiger partial charge in [0.05, 0.1) is 19.8 Å². The van der Waals surface area contributed by atoms with E-state index in [-0.39, 0.29) is 19.8 Å². The summed E-state index contributed by atoms with van der Waals surface area (Å²) in [7, 11) is 0. The molecule has 0 spiro atoms. The molecule has 0 aromatic heterocycles. The Balaban J connectivity index is 2.29. The maximum Gasteiger partial charge on any atom is 0.303 e. The van der Waals surface area contributed by atoms with Gasteiger partial charge in [-0.3, -0.25) is 19.2 Å². The average Bonchev–Trinajstić information content (AvgIpc) is 2.92. The maximum atomic E-state index is 12.1. The van der Waals surface area contributed by atoms with E-state index >= 15 is 0 Å². The number of benzene rings is 1. The lowest BCUT2D eigenvalue weighted by molar-refractivity contribution is -0.321. The second-order valence-electron chi connectivity index (χ2n) is 9.96. The highest BCUT2D eigenvalue weighted by atomic mass is 16.7. The molecule has 1 saturated heterocycles. The normalized spacial score (nSPS) is 22.5. The molecule has 6 atom stereocenters. The highest BCUT2D eigenvalue weighted by Crippen LogP contribution is 2.30. The second kappa shape index (κ2) is 19.2. The van der Waals surface area contributed by atoms with Crippen molar-refractivity contribution >= 4 is 23.9 Å². The lowest BCUT2D eigenvalue weighted by Gasteiger charge is -2.44. The van der Waals surface area contributed by atoms with Crippen molar-refractivity contribution in [1.82, 2.24) is 0 Å². The Morgan fingerprint density at radius 3 is 2.00 bits per heavy atom. The molecule has 2 rings (SSSR count). The van der Waals surface area contributed by atoms with Crippen LogP contribution in [0.5, 0.6) is 0 Å². The molecular weight excluding hydrogens is 552 g/mol. The van der Waals surface area contributed by atoms with Crippen molar-refractivity contribution < 1.29 is 57.1 Å². The van der Waals surface area contributed by atoms with Gasteiger partial charge in [0.1, 0.15) is 18.8 Å². The van der Waals surface area contributed by atoms with E-state index in [4.69, 9.17) is 37.9 Å². The zero-order valence-electron chi connectivity index (χ0n) is 25.1. The van der Waals surface area contributed by atoms with Gasteiger partial charge in [-0.05, 0) is 12.0 Å². The summed E-state index contributed by atoms with van der Waals surface area (Å²) in [4.78, 5) is 47.8. The highest BCUT2D eigenvalue weighted by molar-refractivity contribution is 5.68. The number of esters is 4. The summed E-state index contributed by atoms with van der Waals surface area (Å²) in [5.41, 5.74) is 0.962. The third-order valence-electron chi connectivity index (χ3n) is 6.14. The van der Waals surface area contributed by atoms with Crippen molar-refractivity contribution in [2.75, 3.05) is 26.4 Å². The number of hydrogen-bond acceptors (Lipinski definition) is 12. The molecule has 12 heteroatoms. The van der Waals surface area contributed by atoms with Gasteiger partial charge in [0.2, 0.25) is 0 Å². The lowest BCUT2D eigenvalue weighted by Crippen LogP contribution is -2.63. The summed E-state index contributed by atoms with van der Waals surface area (Å²) in [6.07, 6.45) is -2.93. The third-order valence-corrected chi connectivity index (χ3v) is 6.14. The van der Waals surface area contributed by atoms with Crippen LogP contribution in [-0.4, -0.2) is 87.1 Å². The Bertz CT molecular complexity index is 968. The van der Waals surface area contributed by atoms with E-state index in [1.54, 1.807) is 0 Å². The maximum absolute atomic E-state index is 12.1. The lowest BCUT2D eigenvalue weighted by atomic mass is 9.98. The van der Waals surface area contributed by atoms with Crippen molar-refractivity contribution in [2.45, 2.75) is 104 Å². The Morgan fingerprint density at radius 1 is 0.762 bits per heavy atom. The minimum Gasteiger partial charge on any atom is -0.463 e. The van der Waals surface area contributed by atoms with Crippen LogP contribution in [0, 0.1) is 0 Å². The number of carbonyl (C=O) groups excluding carboxylic acids is 4. The fourth-order valence-corrected chi connectivity index (χ4v) is 4.34. The van der Waals surface area contributed by atoms with Crippen LogP contribution in [0.1, 0.15) is 65.9 Å². The molecule has 1 aliphatic heterocycles. The van der Waals surface area contributed by atoms with Gasteiger partial charge in [-0.15, -0.1) is 0 Å². The molecule has 1 fully saturated rings. The van der Waals surface area contributed by atoms with Crippen LogP contribution in [-0.2, 0) is 63.7 Å². The Hall–Kier alpha value is -3.06. The van der Waals surface area contributed by atoms with Gasteiger partial charge in [0, 0.05) is 34.3 Å². The van der Waals surface area contributed by atoms with E-state index in [0.717, 1.165) is 45.1 Å². The average molecular weight is 597 g/mol. The van der Waals surface area contributed by atoms with E-state index in [1.165, 1.54) is 13.8 Å². The summed E-state index contributed by atoms with van der Waals surface area (Å²) < 4.78 is 45.7. The molecule has 0 unspecified atom stereocenters. The predicted molar refractivity (Wildman–Crippen MR) is 148 cm³/mol. The van der Waals surface area contributed by atoms with Gasteiger partial charge in [0.15, 0.2) is 24.6 Å². The van der Waals surface area contributed by atoms with E-state index in [1.807, 2.05) is 30.3 Å². The van der Waals surface area contributed by atoms with Crippen LogP contribution in [0.25, 0.3) is 0 Å². The van der Waals surface area contributed by atoms with Gasteiger partial charge < -0.3 is 37.9 Å². The van der Waals surface area contributed by atoms with Gasteiger partial charge in [-0.25, -0.2) is 0 Å². The molecule has 236 valence electrons. The number of ether oxygens (including phenoxy) is 8. The first-order valence-corrected chi connectivity index (χ1v) is 14.3. The van der Waals surface area contributed by atoms with E-state index in [9.17, 15) is 19.2 Å². The van der Waals surface area contributed by atoms with Crippen LogP contribution in [0.4, 0.5) is 0 Å². The molecule has 1 aromatic rings. The first-order valence-electron chi connectivity index (χ1n) is 14.3. The highest BCUT2D eigenvalue weighted by Gasteiger charge is 2.53. The van der Waals surface area contributed by atoms with E-state index in [0.29, 0.717) is 13.2 Å². The zero-order chi connectivity index (χ0) is 30.9. The van der Waals surface area contributed by atoms with Crippen molar-refractivity contribution in [1.29, 1.82) is 0 Å². The monoisotopic (exact) mass is 596 g/mol. The molecule has 0 N–H and O–H groups in total. The molecule has 1 heterocycles. The van der Waals surface area contributed by atoms with Crippen LogP contribution < -0.4 is 0 Å². The minimum absolute atomic E-state index is 0.0940. The molecular formula is C30H44O12. The van der Waals surface area contributed by atoms with Gasteiger partial charge >= 0.3 is 23.9 Å². The Morgan fingerprint density at radius 2 is 1.38 bits per heavy atom. The molecule has 0 amide bonds. The van der Waals surface area contributed by atoms with Crippen LogP contribution in [0.2, 0.25) is 0 Å². The van der Waals surface area contributed by atoms with Gasteiger partial charge in [-0.2, -0.15) is 0 Å². The quantitative estimate of drug-likeness (QED) is 0.139. The number of unbranched alkanes of at least 4 members (excludes halogenated alkanes) is 3. The van der Waals surface area contributed by atoms with E-state index < -0.39 is 60.7 Å². The molecule has 0 bridgehead atoms. The summed E-state index contributed by atoms with van der Waals surface area (Å²) in [6.45, 7) is 7.54. The molecule has 1 aliphatic rings. The summed E-state index contributed by atoms with van der Waals surface area (Å²) in [6, 6.07) is 9.58. The van der Waals surface area contributed by atoms with Gasteiger partial charge in [0.25, 0.3) is 0 Å². The van der Waals surface area contributed by atoms with Crippen LogP contribution >= 0.6 is 0 Å². The van der Waals surface area contributed by atoms with Crippen LogP contribution in [0.3, 0.4) is 0 Å². The molecule has 0 aliphatic carbocycles. The number of rotatable bonds is 18. The summed E-state index contributed by atoms with van der Waals surface area (Å²) in [5, 5.41) is 0. The number of hydrogen-bond donors (Lipinski definition) is 0. The van der Waals surface area contributed by atoms with Crippen molar-refractivity contribution in [3.63, 3.8) is 0 Å². The molecule has 12 nitrogen and oxygen atoms in total. The predicted octanol–water partition coefficient (Wildman–Crippen LogP) is 3.27. The molecule has 1 aromatic carbocycles. The Labute approximate surface area is 247 Å². The Kier molecular flexibility index (Phi) is 16.1. The van der Waals surface area contributed by atoms with Crippen molar-refractivity contribution in [3.8, 4) is 0 Å². The van der Waals surface area contributed by atoms with Crippen LogP contribution in [0.15, 0.2) is 30.3 Å². The zero-order valence-corrected chi connectivity index (χ0v) is 25.1. The van der Waals surface area contributed by atoms with Gasteiger partial charge in [-0.1, -0.05) is 56.5 Å². The second-order valence-corrected chi connectivity index (χ2v) is 9.96. The standard InChI is InChI=1S/C30H44O12/c1-6-7-8-12-15-35-17-25(18-36-16-24-13-10-9-11-14-24)41-30-29(40-23(5)34)28(39-22(4)33)27(38-21(3)32)26(42-30)19-37-20(2)31/h9-11,13-14,25-30H,6-8,12,15-19H2,1-5H3/t25-,26-,27-,28+,29-,30-/m1/s1. The first-order chi connectivity index (χ1) is 20.1.